The van der Waals surface area contributed by atoms with E-state index >= 15 is 0 Å². The van der Waals surface area contributed by atoms with Gasteiger partial charge in [-0.1, -0.05) is 0 Å². The number of ether oxygens (including phenoxy) is 1. The highest BCUT2D eigenvalue weighted by molar-refractivity contribution is 5.94. The van der Waals surface area contributed by atoms with Crippen LogP contribution >= 0.6 is 0 Å². The SMILES string of the molecule is O=C(CC1COCCN1)Nc1ccc(C(=O)O)c(O)c1. The van der Waals surface area contributed by atoms with Gasteiger partial charge in [0.1, 0.15) is 11.3 Å². The molecule has 1 unspecified atom stereocenters. The molecule has 7 heteroatoms. The molecule has 1 amide bonds. The van der Waals surface area contributed by atoms with E-state index in [2.05, 4.69) is 10.6 Å². The Kier molecular flexibility index (Phi) is 4.54. The van der Waals surface area contributed by atoms with Crippen LogP contribution in [-0.4, -0.2) is 47.9 Å². The predicted octanol–water partition coefficient (Wildman–Crippen LogP) is 0.407. The Morgan fingerprint density at radius 1 is 1.45 bits per heavy atom. The maximum absolute atomic E-state index is 11.8. The van der Waals surface area contributed by atoms with Crippen LogP contribution in [0.3, 0.4) is 0 Å². The van der Waals surface area contributed by atoms with E-state index in [4.69, 9.17) is 9.84 Å². The zero-order valence-corrected chi connectivity index (χ0v) is 10.8. The number of carboxylic acids is 1. The molecule has 1 saturated heterocycles. The number of carboxylic acid groups (broad SMARTS) is 1. The molecule has 108 valence electrons. The van der Waals surface area contributed by atoms with Crippen LogP contribution in [-0.2, 0) is 9.53 Å². The number of hydrogen-bond donors (Lipinski definition) is 4. The van der Waals surface area contributed by atoms with Gasteiger partial charge in [-0.15, -0.1) is 0 Å². The molecule has 0 radical (unpaired) electrons. The van der Waals surface area contributed by atoms with Crippen LogP contribution in [0, 0.1) is 0 Å². The fourth-order valence-electron chi connectivity index (χ4n) is 1.98. The second-order valence-corrected chi connectivity index (χ2v) is 4.52. The molecular weight excluding hydrogens is 264 g/mol. The van der Waals surface area contributed by atoms with Gasteiger partial charge in [-0.25, -0.2) is 4.79 Å². The second-order valence-electron chi connectivity index (χ2n) is 4.52. The third-order valence-electron chi connectivity index (χ3n) is 2.94. The molecule has 1 atom stereocenters. The normalized spacial score (nSPS) is 18.5. The van der Waals surface area contributed by atoms with Gasteiger partial charge in [-0.2, -0.15) is 0 Å². The summed E-state index contributed by atoms with van der Waals surface area (Å²) in [5, 5.41) is 24.1. The summed E-state index contributed by atoms with van der Waals surface area (Å²) in [5.41, 5.74) is 0.152. The standard InChI is InChI=1S/C13H16N2O5/c16-11-5-8(1-2-10(11)13(18)19)15-12(17)6-9-7-20-4-3-14-9/h1-2,5,9,14,16H,3-4,6-7H2,(H,15,17)(H,18,19). The molecule has 0 spiro atoms. The third kappa shape index (κ3) is 3.69. The number of carbonyl (C=O) groups excluding carboxylic acids is 1. The molecule has 7 nitrogen and oxygen atoms in total. The Hall–Kier alpha value is -2.12. The fourth-order valence-corrected chi connectivity index (χ4v) is 1.98. The molecule has 1 aromatic rings. The van der Waals surface area contributed by atoms with Crippen LogP contribution in [0.5, 0.6) is 5.75 Å². The van der Waals surface area contributed by atoms with Gasteiger partial charge in [-0.05, 0) is 12.1 Å². The van der Waals surface area contributed by atoms with Gasteiger partial charge in [0.15, 0.2) is 0 Å². The van der Waals surface area contributed by atoms with Crippen LogP contribution in [0.25, 0.3) is 0 Å². The summed E-state index contributed by atoms with van der Waals surface area (Å²) in [4.78, 5) is 22.6. The lowest BCUT2D eigenvalue weighted by molar-refractivity contribution is -0.117. The monoisotopic (exact) mass is 280 g/mol. The first-order valence-corrected chi connectivity index (χ1v) is 6.23. The lowest BCUT2D eigenvalue weighted by atomic mass is 10.1. The summed E-state index contributed by atoms with van der Waals surface area (Å²) in [7, 11) is 0. The smallest absolute Gasteiger partial charge is 0.339 e. The first-order valence-electron chi connectivity index (χ1n) is 6.23. The van der Waals surface area contributed by atoms with Gasteiger partial charge < -0.3 is 25.6 Å². The number of nitrogens with one attached hydrogen (secondary N) is 2. The first-order chi connectivity index (χ1) is 9.56. The maximum Gasteiger partial charge on any atom is 0.339 e. The summed E-state index contributed by atoms with van der Waals surface area (Å²) in [6.45, 7) is 1.84. The Morgan fingerprint density at radius 2 is 2.25 bits per heavy atom. The average Bonchev–Trinajstić information content (AvgIpc) is 2.39. The molecule has 20 heavy (non-hydrogen) atoms. The Labute approximate surface area is 115 Å². The number of amides is 1. The summed E-state index contributed by atoms with van der Waals surface area (Å²) in [5.74, 6) is -1.83. The number of rotatable bonds is 4. The second kappa shape index (κ2) is 6.36. The number of morpholine rings is 1. The van der Waals surface area contributed by atoms with E-state index in [0.29, 0.717) is 25.4 Å². The molecule has 0 aliphatic carbocycles. The molecule has 4 N–H and O–H groups in total. The van der Waals surface area contributed by atoms with E-state index < -0.39 is 5.97 Å². The van der Waals surface area contributed by atoms with E-state index in [1.807, 2.05) is 0 Å². The summed E-state index contributed by atoms with van der Waals surface area (Å²) >= 11 is 0. The molecule has 1 aliphatic rings. The van der Waals surface area contributed by atoms with Gasteiger partial charge in [0.2, 0.25) is 5.91 Å². The Bertz CT molecular complexity index is 511. The Balaban J connectivity index is 1.93. The van der Waals surface area contributed by atoms with Gasteiger partial charge in [0, 0.05) is 30.8 Å². The third-order valence-corrected chi connectivity index (χ3v) is 2.94. The zero-order valence-electron chi connectivity index (χ0n) is 10.8. The molecule has 0 saturated carbocycles. The highest BCUT2D eigenvalue weighted by Gasteiger charge is 2.17. The molecule has 0 bridgehead atoms. The highest BCUT2D eigenvalue weighted by atomic mass is 16.5. The lowest BCUT2D eigenvalue weighted by Crippen LogP contribution is -2.43. The topological polar surface area (TPSA) is 108 Å². The van der Waals surface area contributed by atoms with Crippen LogP contribution in [0.4, 0.5) is 5.69 Å². The van der Waals surface area contributed by atoms with Crippen molar-refractivity contribution in [3.8, 4) is 5.75 Å². The van der Waals surface area contributed by atoms with Crippen molar-refractivity contribution in [2.75, 3.05) is 25.1 Å². The van der Waals surface area contributed by atoms with Crippen LogP contribution in [0.15, 0.2) is 18.2 Å². The van der Waals surface area contributed by atoms with Crippen molar-refractivity contribution in [1.82, 2.24) is 5.32 Å². The number of aromatic hydroxyl groups is 1. The average molecular weight is 280 g/mol. The molecule has 1 aliphatic heterocycles. The van der Waals surface area contributed by atoms with E-state index in [1.54, 1.807) is 0 Å². The number of anilines is 1. The Morgan fingerprint density at radius 3 is 2.85 bits per heavy atom. The van der Waals surface area contributed by atoms with Crippen molar-refractivity contribution in [2.24, 2.45) is 0 Å². The van der Waals surface area contributed by atoms with E-state index in [9.17, 15) is 14.7 Å². The number of carbonyl (C=O) groups is 2. The molecule has 1 fully saturated rings. The number of aromatic carboxylic acids is 1. The van der Waals surface area contributed by atoms with E-state index in [-0.39, 0.29) is 29.7 Å². The van der Waals surface area contributed by atoms with E-state index in [1.165, 1.54) is 18.2 Å². The molecule has 1 heterocycles. The maximum atomic E-state index is 11.8. The number of phenols is 1. The minimum atomic E-state index is -1.22. The molecule has 2 rings (SSSR count). The number of benzene rings is 1. The van der Waals surface area contributed by atoms with Crippen molar-refractivity contribution in [2.45, 2.75) is 12.5 Å². The largest absolute Gasteiger partial charge is 0.507 e. The summed E-state index contributed by atoms with van der Waals surface area (Å²) in [6, 6.07) is 3.86. The predicted molar refractivity (Wildman–Crippen MR) is 70.9 cm³/mol. The van der Waals surface area contributed by atoms with Crippen LogP contribution < -0.4 is 10.6 Å². The molecular formula is C13H16N2O5. The van der Waals surface area contributed by atoms with Crippen molar-refractivity contribution < 1.29 is 24.5 Å². The van der Waals surface area contributed by atoms with E-state index in [0.717, 1.165) is 0 Å². The number of hydrogen-bond acceptors (Lipinski definition) is 5. The van der Waals surface area contributed by atoms with Gasteiger partial charge in [0.25, 0.3) is 0 Å². The van der Waals surface area contributed by atoms with Gasteiger partial charge in [-0.3, -0.25) is 4.79 Å². The first kappa shape index (κ1) is 14.3. The zero-order chi connectivity index (χ0) is 14.5. The van der Waals surface area contributed by atoms with Gasteiger partial charge in [0.05, 0.1) is 13.2 Å². The quantitative estimate of drug-likeness (QED) is 0.636. The van der Waals surface area contributed by atoms with Crippen molar-refractivity contribution in [3.05, 3.63) is 23.8 Å². The van der Waals surface area contributed by atoms with Crippen molar-refractivity contribution >= 4 is 17.6 Å². The molecule has 1 aromatic carbocycles. The minimum Gasteiger partial charge on any atom is -0.507 e. The van der Waals surface area contributed by atoms with Crippen molar-refractivity contribution in [3.63, 3.8) is 0 Å². The summed E-state index contributed by atoms with van der Waals surface area (Å²) < 4.78 is 5.25. The van der Waals surface area contributed by atoms with Crippen molar-refractivity contribution in [1.29, 1.82) is 0 Å². The highest BCUT2D eigenvalue weighted by Crippen LogP contribution is 2.22. The lowest BCUT2D eigenvalue weighted by Gasteiger charge is -2.23. The van der Waals surface area contributed by atoms with Gasteiger partial charge >= 0.3 is 5.97 Å². The summed E-state index contributed by atoms with van der Waals surface area (Å²) in [6.07, 6.45) is 0.251. The van der Waals surface area contributed by atoms with Crippen LogP contribution in [0.1, 0.15) is 16.8 Å². The molecule has 0 aromatic heterocycles. The fraction of sp³-hybridized carbons (Fsp3) is 0.385. The van der Waals surface area contributed by atoms with Crippen LogP contribution in [0.2, 0.25) is 0 Å². The minimum absolute atomic E-state index is 0.0318.